The molecule has 106 valence electrons. The number of hydrogen-bond donors (Lipinski definition) is 2. The van der Waals surface area contributed by atoms with Crippen LogP contribution in [0.3, 0.4) is 0 Å². The van der Waals surface area contributed by atoms with E-state index in [-0.39, 0.29) is 21.8 Å². The lowest BCUT2D eigenvalue weighted by molar-refractivity contribution is 0.457. The SMILES string of the molecule is Cc1cc(N)cc(S(=O)(=O)NC2C(C)(C)C2(C)C)c1. The predicted molar refractivity (Wildman–Crippen MR) is 77.3 cm³/mol. The van der Waals surface area contributed by atoms with Gasteiger partial charge in [-0.25, -0.2) is 13.1 Å². The average molecular weight is 282 g/mol. The Morgan fingerprint density at radius 3 is 2.05 bits per heavy atom. The van der Waals surface area contributed by atoms with E-state index < -0.39 is 10.0 Å². The number of rotatable bonds is 3. The maximum atomic E-state index is 12.4. The van der Waals surface area contributed by atoms with E-state index in [2.05, 4.69) is 32.4 Å². The highest BCUT2D eigenvalue weighted by Gasteiger charge is 2.66. The van der Waals surface area contributed by atoms with Crippen LogP contribution in [0.25, 0.3) is 0 Å². The molecule has 0 radical (unpaired) electrons. The molecule has 1 aliphatic carbocycles. The predicted octanol–water partition coefficient (Wildman–Crippen LogP) is 2.29. The minimum absolute atomic E-state index is 0.0323. The van der Waals surface area contributed by atoms with Crippen LogP contribution >= 0.6 is 0 Å². The zero-order valence-electron chi connectivity index (χ0n) is 12.1. The normalized spacial score (nSPS) is 21.3. The first-order chi connectivity index (χ1) is 8.48. The third-order valence-electron chi connectivity index (χ3n) is 4.68. The number of hydrogen-bond acceptors (Lipinski definition) is 3. The van der Waals surface area contributed by atoms with E-state index in [4.69, 9.17) is 5.73 Å². The average Bonchev–Trinajstić information content (AvgIpc) is 2.59. The summed E-state index contributed by atoms with van der Waals surface area (Å²) in [5.41, 5.74) is 6.96. The van der Waals surface area contributed by atoms with Crippen molar-refractivity contribution in [3.8, 4) is 0 Å². The van der Waals surface area contributed by atoms with Crippen LogP contribution in [-0.4, -0.2) is 14.5 Å². The fourth-order valence-electron chi connectivity index (χ4n) is 2.65. The summed E-state index contributed by atoms with van der Waals surface area (Å²) in [7, 11) is -3.51. The molecule has 0 aromatic heterocycles. The molecule has 1 saturated carbocycles. The maximum absolute atomic E-state index is 12.4. The number of aryl methyl sites for hydroxylation is 1. The number of anilines is 1. The first kappa shape index (κ1) is 14.3. The van der Waals surface area contributed by atoms with Gasteiger partial charge in [0.2, 0.25) is 10.0 Å². The Labute approximate surface area is 115 Å². The van der Waals surface area contributed by atoms with E-state index in [1.54, 1.807) is 12.1 Å². The van der Waals surface area contributed by atoms with Crippen LogP contribution in [0.2, 0.25) is 0 Å². The molecule has 0 saturated heterocycles. The molecule has 1 aromatic carbocycles. The van der Waals surface area contributed by atoms with Gasteiger partial charge in [0.25, 0.3) is 0 Å². The minimum atomic E-state index is -3.51. The van der Waals surface area contributed by atoms with Gasteiger partial charge in [0.1, 0.15) is 0 Å². The largest absolute Gasteiger partial charge is 0.399 e. The second kappa shape index (κ2) is 3.96. The van der Waals surface area contributed by atoms with E-state index in [9.17, 15) is 8.42 Å². The zero-order chi connectivity index (χ0) is 14.6. The second-order valence-electron chi connectivity index (χ2n) is 6.58. The Hall–Kier alpha value is -1.07. The van der Waals surface area contributed by atoms with Crippen molar-refractivity contribution in [3.63, 3.8) is 0 Å². The summed E-state index contributed by atoms with van der Waals surface area (Å²) in [6, 6.07) is 4.84. The van der Waals surface area contributed by atoms with E-state index in [0.717, 1.165) is 5.56 Å². The van der Waals surface area contributed by atoms with Gasteiger partial charge < -0.3 is 5.73 Å². The monoisotopic (exact) mass is 282 g/mol. The standard InChI is InChI=1S/C14H22N2O2S/c1-9-6-10(15)8-11(7-9)19(17,18)16-12-13(2,3)14(12,4)5/h6-8,12,16H,15H2,1-5H3. The molecule has 0 aliphatic heterocycles. The van der Waals surface area contributed by atoms with Gasteiger partial charge in [-0.2, -0.15) is 0 Å². The zero-order valence-corrected chi connectivity index (χ0v) is 12.9. The Kier molecular flexibility index (Phi) is 2.99. The van der Waals surface area contributed by atoms with Crippen LogP contribution in [-0.2, 0) is 10.0 Å². The molecule has 19 heavy (non-hydrogen) atoms. The molecule has 0 unspecified atom stereocenters. The highest BCUT2D eigenvalue weighted by atomic mass is 32.2. The number of sulfonamides is 1. The number of nitrogens with two attached hydrogens (primary N) is 1. The van der Waals surface area contributed by atoms with Crippen molar-refractivity contribution in [3.05, 3.63) is 23.8 Å². The van der Waals surface area contributed by atoms with Crippen LogP contribution in [0, 0.1) is 17.8 Å². The number of benzene rings is 1. The van der Waals surface area contributed by atoms with E-state index in [1.165, 1.54) is 6.07 Å². The highest BCUT2D eigenvalue weighted by Crippen LogP contribution is 2.62. The fraction of sp³-hybridized carbons (Fsp3) is 0.571. The summed E-state index contributed by atoms with van der Waals surface area (Å²) in [6.45, 7) is 10.1. The minimum Gasteiger partial charge on any atom is -0.399 e. The third-order valence-corrected chi connectivity index (χ3v) is 6.08. The molecule has 3 N–H and O–H groups in total. The van der Waals surface area contributed by atoms with Crippen molar-refractivity contribution in [2.24, 2.45) is 10.8 Å². The molecule has 1 fully saturated rings. The lowest BCUT2D eigenvalue weighted by Crippen LogP contribution is -2.30. The summed E-state index contributed by atoms with van der Waals surface area (Å²) in [5.74, 6) is 0. The fourth-order valence-corrected chi connectivity index (χ4v) is 4.31. The van der Waals surface area contributed by atoms with Crippen molar-refractivity contribution in [2.75, 3.05) is 5.73 Å². The lowest BCUT2D eigenvalue weighted by Gasteiger charge is -2.10. The van der Waals surface area contributed by atoms with Crippen LogP contribution in [0.15, 0.2) is 23.1 Å². The highest BCUT2D eigenvalue weighted by molar-refractivity contribution is 7.89. The quantitative estimate of drug-likeness (QED) is 0.835. The molecule has 4 nitrogen and oxygen atoms in total. The third kappa shape index (κ3) is 2.25. The van der Waals surface area contributed by atoms with Crippen LogP contribution in [0.4, 0.5) is 5.69 Å². The van der Waals surface area contributed by atoms with Gasteiger partial charge >= 0.3 is 0 Å². The maximum Gasteiger partial charge on any atom is 0.240 e. The molecule has 0 atom stereocenters. The van der Waals surface area contributed by atoms with Gasteiger partial charge in [-0.3, -0.25) is 0 Å². The molecule has 0 spiro atoms. The number of nitrogen functional groups attached to an aromatic ring is 1. The molecule has 1 aliphatic rings. The molecule has 2 rings (SSSR count). The van der Waals surface area contributed by atoms with Crippen LogP contribution < -0.4 is 10.5 Å². The van der Waals surface area contributed by atoms with Crippen molar-refractivity contribution in [1.29, 1.82) is 0 Å². The summed E-state index contributed by atoms with van der Waals surface area (Å²) < 4.78 is 27.6. The van der Waals surface area contributed by atoms with Crippen molar-refractivity contribution >= 4 is 15.7 Å². The van der Waals surface area contributed by atoms with E-state index >= 15 is 0 Å². The first-order valence-corrected chi connectivity index (χ1v) is 7.86. The summed E-state index contributed by atoms with van der Waals surface area (Å²) in [5, 5.41) is 0. The Morgan fingerprint density at radius 2 is 1.63 bits per heavy atom. The summed E-state index contributed by atoms with van der Waals surface area (Å²) in [6.07, 6.45) is 0. The Morgan fingerprint density at radius 1 is 1.11 bits per heavy atom. The number of nitrogens with one attached hydrogen (secondary N) is 1. The summed E-state index contributed by atoms with van der Waals surface area (Å²) >= 11 is 0. The smallest absolute Gasteiger partial charge is 0.240 e. The van der Waals surface area contributed by atoms with Crippen LogP contribution in [0.5, 0.6) is 0 Å². The Bertz CT molecular complexity index is 584. The van der Waals surface area contributed by atoms with Gasteiger partial charge in [-0.15, -0.1) is 0 Å². The summed E-state index contributed by atoms with van der Waals surface area (Å²) in [4.78, 5) is 0.239. The van der Waals surface area contributed by atoms with Crippen molar-refractivity contribution in [2.45, 2.75) is 45.6 Å². The first-order valence-electron chi connectivity index (χ1n) is 6.38. The van der Waals surface area contributed by atoms with E-state index in [0.29, 0.717) is 5.69 Å². The van der Waals surface area contributed by atoms with Gasteiger partial charge in [0, 0.05) is 11.7 Å². The van der Waals surface area contributed by atoms with Crippen molar-refractivity contribution < 1.29 is 8.42 Å². The molecule has 5 heteroatoms. The van der Waals surface area contributed by atoms with E-state index in [1.807, 2.05) is 6.92 Å². The topological polar surface area (TPSA) is 72.2 Å². The molecular formula is C14H22N2O2S. The van der Waals surface area contributed by atoms with Gasteiger partial charge in [-0.05, 0) is 41.5 Å². The van der Waals surface area contributed by atoms with Gasteiger partial charge in [0.05, 0.1) is 4.90 Å². The second-order valence-corrected chi connectivity index (χ2v) is 8.29. The lowest BCUT2D eigenvalue weighted by atomic mass is 10.0. The van der Waals surface area contributed by atoms with Gasteiger partial charge in [0.15, 0.2) is 0 Å². The molecule has 0 amide bonds. The molecular weight excluding hydrogens is 260 g/mol. The molecule has 0 heterocycles. The van der Waals surface area contributed by atoms with Crippen LogP contribution in [0.1, 0.15) is 33.3 Å². The molecule has 0 bridgehead atoms. The van der Waals surface area contributed by atoms with Gasteiger partial charge in [-0.1, -0.05) is 27.7 Å². The molecule has 1 aromatic rings. The van der Waals surface area contributed by atoms with Crippen molar-refractivity contribution in [1.82, 2.24) is 4.72 Å². The Balaban J connectivity index is 2.30.